The molecule has 0 bridgehead atoms. The lowest BCUT2D eigenvalue weighted by molar-refractivity contribution is -0.0474. The number of methoxy groups -OCH3 is 2. The normalized spacial score (nSPS) is 12.0. The Kier molecular flexibility index (Phi) is 4.27. The molecular weight excluding hydrogens is 115 g/mol. The molecular formula is C3H9FO2Si. The largest absolute Gasteiger partial charge is 0.357 e. The average Bonchev–Trinajstić information content (AvgIpc) is 1.72. The summed E-state index contributed by atoms with van der Waals surface area (Å²) in [5, 5.41) is 0. The summed E-state index contributed by atoms with van der Waals surface area (Å²) >= 11 is 0. The second-order valence-electron chi connectivity index (χ2n) is 1.06. The molecule has 7 heavy (non-hydrogen) atoms. The average molecular weight is 124 g/mol. The monoisotopic (exact) mass is 124 g/mol. The van der Waals surface area contributed by atoms with Gasteiger partial charge in [-0.1, -0.05) is 0 Å². The van der Waals surface area contributed by atoms with Crippen molar-refractivity contribution in [1.82, 2.24) is 0 Å². The molecule has 0 radical (unpaired) electrons. The van der Waals surface area contributed by atoms with Gasteiger partial charge in [0, 0.05) is 14.2 Å². The summed E-state index contributed by atoms with van der Waals surface area (Å²) in [5.41, 5.74) is 0. The molecule has 0 aliphatic carbocycles. The first-order valence-electron chi connectivity index (χ1n) is 1.96. The lowest BCUT2D eigenvalue weighted by Crippen LogP contribution is -2.17. The van der Waals surface area contributed by atoms with E-state index in [1.165, 1.54) is 14.2 Å². The minimum absolute atomic E-state index is 0.542. The molecule has 0 unspecified atom stereocenters. The molecule has 0 aromatic rings. The van der Waals surface area contributed by atoms with Gasteiger partial charge in [-0.05, 0) is 0 Å². The summed E-state index contributed by atoms with van der Waals surface area (Å²) in [6, 6.07) is 0. The summed E-state index contributed by atoms with van der Waals surface area (Å²) in [5.74, 6) is -0.542. The summed E-state index contributed by atoms with van der Waals surface area (Å²) in [6.45, 7) is 0. The Labute approximate surface area is 44.6 Å². The van der Waals surface area contributed by atoms with Crippen molar-refractivity contribution < 1.29 is 13.6 Å². The maximum atomic E-state index is 11.5. The number of hydrogen-bond acceptors (Lipinski definition) is 2. The molecule has 44 valence electrons. The molecule has 0 rings (SSSR count). The van der Waals surface area contributed by atoms with Crippen LogP contribution in [-0.4, -0.2) is 30.0 Å². The van der Waals surface area contributed by atoms with E-state index in [0.717, 1.165) is 0 Å². The van der Waals surface area contributed by atoms with Crippen molar-refractivity contribution >= 4 is 9.85 Å². The fraction of sp³-hybridized carbons (Fsp3) is 1.00. The quantitative estimate of drug-likeness (QED) is 0.290. The van der Waals surface area contributed by atoms with Gasteiger partial charge in [-0.3, -0.25) is 0 Å². The molecule has 0 amide bonds. The number of halogens is 1. The van der Waals surface area contributed by atoms with Gasteiger partial charge in [0.15, 0.2) is 5.91 Å². The topological polar surface area (TPSA) is 18.5 Å². The Hall–Kier alpha value is 0.0669. The fourth-order valence-corrected chi connectivity index (χ4v) is 0.474. The first-order chi connectivity index (χ1) is 3.35. The van der Waals surface area contributed by atoms with E-state index in [4.69, 9.17) is 0 Å². The Balaban J connectivity index is 2.99. The van der Waals surface area contributed by atoms with E-state index < -0.39 is 15.8 Å². The molecule has 0 saturated carbocycles. The molecule has 0 heterocycles. The molecule has 0 saturated heterocycles. The smallest absolute Gasteiger partial charge is 0.277 e. The first-order valence-corrected chi connectivity index (χ1v) is 3.31. The Morgan fingerprint density at radius 2 is 1.86 bits per heavy atom. The number of rotatable bonds is 3. The second kappa shape index (κ2) is 4.23. The third-order valence-corrected chi connectivity index (χ3v) is 1.57. The maximum Gasteiger partial charge on any atom is 0.277 e. The molecule has 0 fully saturated rings. The van der Waals surface area contributed by atoms with Crippen LogP contribution in [0.5, 0.6) is 0 Å². The maximum absolute atomic E-state index is 11.5. The van der Waals surface area contributed by atoms with E-state index >= 15 is 0 Å². The second-order valence-corrected chi connectivity index (χ2v) is 2.03. The Morgan fingerprint density at radius 1 is 1.43 bits per heavy atom. The molecule has 2 nitrogen and oxygen atoms in total. The summed E-state index contributed by atoms with van der Waals surface area (Å²) in [4.78, 5) is 0. The van der Waals surface area contributed by atoms with Crippen LogP contribution >= 0.6 is 0 Å². The van der Waals surface area contributed by atoms with Gasteiger partial charge < -0.3 is 13.6 Å². The SMILES string of the molecule is COC(OC)[SiH2]F. The number of hydrogen-bond donors (Lipinski definition) is 0. The van der Waals surface area contributed by atoms with Crippen LogP contribution < -0.4 is 0 Å². The van der Waals surface area contributed by atoms with Crippen molar-refractivity contribution in [2.75, 3.05) is 14.2 Å². The van der Waals surface area contributed by atoms with Crippen molar-refractivity contribution in [2.24, 2.45) is 0 Å². The molecule has 0 aliphatic heterocycles. The van der Waals surface area contributed by atoms with Crippen LogP contribution in [0, 0.1) is 0 Å². The van der Waals surface area contributed by atoms with Gasteiger partial charge in [-0.15, -0.1) is 0 Å². The predicted octanol–water partition coefficient (Wildman–Crippen LogP) is -0.384. The summed E-state index contributed by atoms with van der Waals surface area (Å²) < 4.78 is 20.6. The standard InChI is InChI=1S/C3H9FO2Si/c1-5-3(6-2)7-4/h3H,7H2,1-2H3. The van der Waals surface area contributed by atoms with Crippen LogP contribution in [-0.2, 0) is 9.47 Å². The zero-order valence-corrected chi connectivity index (χ0v) is 5.89. The van der Waals surface area contributed by atoms with Gasteiger partial charge in [0.2, 0.25) is 0 Å². The minimum atomic E-state index is -1.62. The Morgan fingerprint density at radius 3 is 1.86 bits per heavy atom. The van der Waals surface area contributed by atoms with Gasteiger partial charge in [0.25, 0.3) is 9.85 Å². The predicted molar refractivity (Wildman–Crippen MR) is 27.5 cm³/mol. The molecule has 4 heteroatoms. The third-order valence-electron chi connectivity index (χ3n) is 0.652. The molecule has 0 N–H and O–H groups in total. The highest BCUT2D eigenvalue weighted by Gasteiger charge is 2.01. The number of ether oxygens (including phenoxy) is 2. The van der Waals surface area contributed by atoms with Crippen molar-refractivity contribution in [3.8, 4) is 0 Å². The van der Waals surface area contributed by atoms with Crippen LogP contribution in [0.15, 0.2) is 0 Å². The lowest BCUT2D eigenvalue weighted by Gasteiger charge is -2.05. The highest BCUT2D eigenvalue weighted by atomic mass is 28.3. The summed E-state index contributed by atoms with van der Waals surface area (Å²) in [7, 11) is 1.25. The van der Waals surface area contributed by atoms with Crippen LogP contribution in [0.2, 0.25) is 0 Å². The van der Waals surface area contributed by atoms with E-state index in [1.807, 2.05) is 0 Å². The van der Waals surface area contributed by atoms with Gasteiger partial charge in [-0.25, -0.2) is 0 Å². The minimum Gasteiger partial charge on any atom is -0.357 e. The highest BCUT2D eigenvalue weighted by Crippen LogP contribution is 1.85. The lowest BCUT2D eigenvalue weighted by atomic mass is 11.3. The first kappa shape index (κ1) is 7.07. The molecule has 0 aromatic heterocycles. The van der Waals surface area contributed by atoms with Crippen LogP contribution in [0.4, 0.5) is 4.11 Å². The molecule has 0 aromatic carbocycles. The van der Waals surface area contributed by atoms with E-state index in [9.17, 15) is 4.11 Å². The highest BCUT2D eigenvalue weighted by molar-refractivity contribution is 6.27. The van der Waals surface area contributed by atoms with Crippen LogP contribution in [0.25, 0.3) is 0 Å². The third kappa shape index (κ3) is 2.73. The van der Waals surface area contributed by atoms with Gasteiger partial charge >= 0.3 is 0 Å². The van der Waals surface area contributed by atoms with Crippen molar-refractivity contribution in [3.63, 3.8) is 0 Å². The van der Waals surface area contributed by atoms with E-state index in [2.05, 4.69) is 9.47 Å². The summed E-state index contributed by atoms with van der Waals surface area (Å²) in [6.07, 6.45) is 0. The van der Waals surface area contributed by atoms with Crippen molar-refractivity contribution in [1.29, 1.82) is 0 Å². The van der Waals surface area contributed by atoms with Crippen molar-refractivity contribution in [2.45, 2.75) is 5.91 Å². The van der Waals surface area contributed by atoms with Crippen LogP contribution in [0.3, 0.4) is 0 Å². The van der Waals surface area contributed by atoms with Crippen LogP contribution in [0.1, 0.15) is 0 Å². The zero-order chi connectivity index (χ0) is 5.70. The molecule has 0 atom stereocenters. The van der Waals surface area contributed by atoms with Gasteiger partial charge in [-0.2, -0.15) is 0 Å². The van der Waals surface area contributed by atoms with Gasteiger partial charge in [0.05, 0.1) is 0 Å². The van der Waals surface area contributed by atoms with E-state index in [-0.39, 0.29) is 0 Å². The fourth-order valence-electron chi connectivity index (χ4n) is 0.222. The molecule has 0 aliphatic rings. The Bertz CT molecular complexity index is 34.4. The zero-order valence-electron chi connectivity index (χ0n) is 4.48. The van der Waals surface area contributed by atoms with Crippen molar-refractivity contribution in [3.05, 3.63) is 0 Å². The van der Waals surface area contributed by atoms with E-state index in [1.54, 1.807) is 0 Å². The van der Waals surface area contributed by atoms with Gasteiger partial charge in [0.1, 0.15) is 0 Å². The molecule has 0 spiro atoms. The van der Waals surface area contributed by atoms with E-state index in [0.29, 0.717) is 0 Å².